The van der Waals surface area contributed by atoms with Crippen molar-refractivity contribution >= 4 is 33.0 Å². The van der Waals surface area contributed by atoms with Gasteiger partial charge in [0.05, 0.1) is 18.2 Å². The van der Waals surface area contributed by atoms with Crippen molar-refractivity contribution in [3.8, 4) is 5.75 Å². The third kappa shape index (κ3) is 1.93. The zero-order chi connectivity index (χ0) is 14.3. The average Bonchev–Trinajstić information content (AvgIpc) is 2.73. The van der Waals surface area contributed by atoms with Crippen molar-refractivity contribution in [1.82, 2.24) is 4.90 Å². The second-order valence-electron chi connectivity index (χ2n) is 5.18. The van der Waals surface area contributed by atoms with Crippen molar-refractivity contribution in [2.45, 2.75) is 25.3 Å². The molecule has 1 amide bonds. The lowest BCUT2D eigenvalue weighted by molar-refractivity contribution is 0.0658. The van der Waals surface area contributed by atoms with Crippen LogP contribution in [0.4, 0.5) is 5.69 Å². The lowest BCUT2D eigenvalue weighted by Crippen LogP contribution is -2.41. The molecular formula is C15H18N2O2S. The molecule has 3 rings (SSSR count). The lowest BCUT2D eigenvalue weighted by atomic mass is 9.92. The Morgan fingerprint density at radius 3 is 2.80 bits per heavy atom. The van der Waals surface area contributed by atoms with E-state index in [2.05, 4.69) is 0 Å². The van der Waals surface area contributed by atoms with E-state index in [4.69, 9.17) is 10.5 Å². The number of nitrogen functional groups attached to an aromatic ring is 1. The highest BCUT2D eigenvalue weighted by Gasteiger charge is 2.29. The van der Waals surface area contributed by atoms with Gasteiger partial charge in [-0.3, -0.25) is 4.79 Å². The minimum Gasteiger partial charge on any atom is -0.496 e. The van der Waals surface area contributed by atoms with Crippen LogP contribution in [0.25, 0.3) is 10.1 Å². The third-order valence-corrected chi connectivity index (χ3v) is 5.23. The number of hydrogen-bond acceptors (Lipinski definition) is 4. The fraction of sp³-hybridized carbons (Fsp3) is 0.400. The second-order valence-corrected chi connectivity index (χ2v) is 6.23. The summed E-state index contributed by atoms with van der Waals surface area (Å²) < 4.78 is 6.34. The van der Waals surface area contributed by atoms with Crippen LogP contribution in [0.15, 0.2) is 18.2 Å². The number of rotatable bonds is 3. The van der Waals surface area contributed by atoms with Gasteiger partial charge in [0.15, 0.2) is 0 Å². The minimum absolute atomic E-state index is 0.0236. The molecule has 0 saturated heterocycles. The van der Waals surface area contributed by atoms with Gasteiger partial charge in [-0.25, -0.2) is 0 Å². The number of carbonyl (C=O) groups is 1. The van der Waals surface area contributed by atoms with Crippen molar-refractivity contribution in [3.63, 3.8) is 0 Å². The topological polar surface area (TPSA) is 55.6 Å². The van der Waals surface area contributed by atoms with E-state index in [1.165, 1.54) is 17.8 Å². The maximum absolute atomic E-state index is 12.6. The van der Waals surface area contributed by atoms with Crippen LogP contribution in [-0.4, -0.2) is 31.0 Å². The lowest BCUT2D eigenvalue weighted by Gasteiger charge is -2.34. The van der Waals surface area contributed by atoms with Crippen LogP contribution in [-0.2, 0) is 0 Å². The zero-order valence-corrected chi connectivity index (χ0v) is 12.5. The molecule has 106 valence electrons. The van der Waals surface area contributed by atoms with Crippen LogP contribution < -0.4 is 10.5 Å². The van der Waals surface area contributed by atoms with Crippen LogP contribution in [0.3, 0.4) is 0 Å². The number of amides is 1. The van der Waals surface area contributed by atoms with Gasteiger partial charge in [0, 0.05) is 17.8 Å². The van der Waals surface area contributed by atoms with Crippen molar-refractivity contribution in [2.75, 3.05) is 19.9 Å². The number of nitrogens with two attached hydrogens (primary N) is 1. The first kappa shape index (κ1) is 13.2. The minimum atomic E-state index is 0.0236. The van der Waals surface area contributed by atoms with E-state index in [9.17, 15) is 4.79 Å². The molecule has 0 atom stereocenters. The van der Waals surface area contributed by atoms with Crippen LogP contribution in [0.5, 0.6) is 5.75 Å². The van der Waals surface area contributed by atoms with E-state index in [-0.39, 0.29) is 5.91 Å². The molecule has 2 aromatic rings. The summed E-state index contributed by atoms with van der Waals surface area (Å²) >= 11 is 1.45. The van der Waals surface area contributed by atoms with E-state index in [0.717, 1.165) is 28.7 Å². The standard InChI is InChI=1S/C15H18N2O2S/c1-17(9-5-3-6-9)15(18)14-13(16)12-10(19-2)7-4-8-11(12)20-14/h4,7-9H,3,5-6,16H2,1-2H3. The molecule has 2 N–H and O–H groups in total. The molecule has 0 unspecified atom stereocenters. The molecule has 1 aliphatic rings. The van der Waals surface area contributed by atoms with Crippen molar-refractivity contribution < 1.29 is 9.53 Å². The molecule has 5 heteroatoms. The Balaban J connectivity index is 2.03. The fourth-order valence-electron chi connectivity index (χ4n) is 2.57. The molecule has 1 heterocycles. The summed E-state index contributed by atoms with van der Waals surface area (Å²) in [7, 11) is 3.49. The smallest absolute Gasteiger partial charge is 0.266 e. The highest BCUT2D eigenvalue weighted by molar-refractivity contribution is 7.21. The predicted octanol–water partition coefficient (Wildman–Crippen LogP) is 3.12. The largest absolute Gasteiger partial charge is 0.496 e. The van der Waals surface area contributed by atoms with Crippen LogP contribution >= 0.6 is 11.3 Å². The second kappa shape index (κ2) is 4.98. The van der Waals surface area contributed by atoms with E-state index >= 15 is 0 Å². The van der Waals surface area contributed by atoms with Crippen LogP contribution in [0.1, 0.15) is 28.9 Å². The fourth-order valence-corrected chi connectivity index (χ4v) is 3.69. The van der Waals surface area contributed by atoms with Gasteiger partial charge in [0.25, 0.3) is 5.91 Å². The van der Waals surface area contributed by atoms with Gasteiger partial charge >= 0.3 is 0 Å². The molecular weight excluding hydrogens is 272 g/mol. The number of fused-ring (bicyclic) bond motifs is 1. The first-order valence-corrected chi connectivity index (χ1v) is 7.57. The summed E-state index contributed by atoms with van der Waals surface area (Å²) in [5.74, 6) is 0.747. The van der Waals surface area contributed by atoms with Crippen LogP contribution in [0.2, 0.25) is 0 Å². The first-order valence-electron chi connectivity index (χ1n) is 6.75. The number of anilines is 1. The number of nitrogens with zero attached hydrogens (tertiary/aromatic N) is 1. The normalized spacial score (nSPS) is 15.1. The summed E-state index contributed by atoms with van der Waals surface area (Å²) in [5, 5.41) is 0.852. The highest BCUT2D eigenvalue weighted by Crippen LogP contribution is 2.40. The molecule has 0 aliphatic heterocycles. The van der Waals surface area contributed by atoms with Gasteiger partial charge in [0.1, 0.15) is 10.6 Å². The number of ether oxygens (including phenoxy) is 1. The molecule has 20 heavy (non-hydrogen) atoms. The molecule has 1 fully saturated rings. The van der Waals surface area contributed by atoms with E-state index in [1.807, 2.05) is 30.1 Å². The zero-order valence-electron chi connectivity index (χ0n) is 11.7. The Bertz CT molecular complexity index is 661. The summed E-state index contributed by atoms with van der Waals surface area (Å²) in [6.45, 7) is 0. The Morgan fingerprint density at radius 2 is 2.20 bits per heavy atom. The molecule has 1 aromatic carbocycles. The number of hydrogen-bond donors (Lipinski definition) is 1. The Hall–Kier alpha value is -1.75. The summed E-state index contributed by atoms with van der Waals surface area (Å²) in [4.78, 5) is 15.0. The molecule has 1 saturated carbocycles. The summed E-state index contributed by atoms with van der Waals surface area (Å²) in [5.41, 5.74) is 6.74. The maximum Gasteiger partial charge on any atom is 0.266 e. The Kier molecular flexibility index (Phi) is 3.30. The SMILES string of the molecule is COc1cccc2sc(C(=O)N(C)C3CCC3)c(N)c12. The number of methoxy groups -OCH3 is 1. The number of thiophene rings is 1. The van der Waals surface area contributed by atoms with Gasteiger partial charge in [-0.2, -0.15) is 0 Å². The van der Waals surface area contributed by atoms with Gasteiger partial charge in [-0.05, 0) is 31.4 Å². The molecule has 4 nitrogen and oxygen atoms in total. The van der Waals surface area contributed by atoms with Crippen molar-refractivity contribution in [1.29, 1.82) is 0 Å². The van der Waals surface area contributed by atoms with Gasteiger partial charge < -0.3 is 15.4 Å². The van der Waals surface area contributed by atoms with E-state index < -0.39 is 0 Å². The predicted molar refractivity (Wildman–Crippen MR) is 82.5 cm³/mol. The molecule has 0 bridgehead atoms. The number of carbonyl (C=O) groups excluding carboxylic acids is 1. The Labute approximate surface area is 122 Å². The molecule has 1 aliphatic carbocycles. The van der Waals surface area contributed by atoms with Crippen molar-refractivity contribution in [2.24, 2.45) is 0 Å². The average molecular weight is 290 g/mol. The van der Waals surface area contributed by atoms with Gasteiger partial charge in [0.2, 0.25) is 0 Å². The van der Waals surface area contributed by atoms with Gasteiger partial charge in [-0.15, -0.1) is 11.3 Å². The third-order valence-electron chi connectivity index (χ3n) is 4.07. The quantitative estimate of drug-likeness (QED) is 0.945. The van der Waals surface area contributed by atoms with Crippen LogP contribution in [0, 0.1) is 0 Å². The maximum atomic E-state index is 12.6. The first-order chi connectivity index (χ1) is 9.63. The Morgan fingerprint density at radius 1 is 1.45 bits per heavy atom. The molecule has 1 aromatic heterocycles. The molecule has 0 radical (unpaired) electrons. The number of benzene rings is 1. The van der Waals surface area contributed by atoms with E-state index in [1.54, 1.807) is 7.11 Å². The monoisotopic (exact) mass is 290 g/mol. The summed E-state index contributed by atoms with van der Waals surface area (Å²) in [6.07, 6.45) is 3.39. The molecule has 0 spiro atoms. The van der Waals surface area contributed by atoms with E-state index in [0.29, 0.717) is 16.6 Å². The van der Waals surface area contributed by atoms with Gasteiger partial charge in [-0.1, -0.05) is 6.07 Å². The van der Waals surface area contributed by atoms with Crippen molar-refractivity contribution in [3.05, 3.63) is 23.1 Å². The summed E-state index contributed by atoms with van der Waals surface area (Å²) in [6, 6.07) is 6.13. The highest BCUT2D eigenvalue weighted by atomic mass is 32.1.